The molecule has 2 atom stereocenters. The first-order valence-corrected chi connectivity index (χ1v) is 4.28. The van der Waals surface area contributed by atoms with Gasteiger partial charge in [0.15, 0.2) is 0 Å². The third kappa shape index (κ3) is 1.12. The van der Waals surface area contributed by atoms with E-state index in [1.165, 1.54) is 0 Å². The summed E-state index contributed by atoms with van der Waals surface area (Å²) in [5.41, 5.74) is 7.68. The van der Waals surface area contributed by atoms with Crippen molar-refractivity contribution in [3.63, 3.8) is 0 Å². The summed E-state index contributed by atoms with van der Waals surface area (Å²) in [6.45, 7) is 0. The Bertz CT molecular complexity index is 313. The molecule has 0 saturated heterocycles. The molecule has 2 rings (SSSR count). The van der Waals surface area contributed by atoms with E-state index in [-0.39, 0.29) is 6.04 Å². The number of nitrogens with two attached hydrogens (primary N) is 1. The Morgan fingerprint density at radius 1 is 1.50 bits per heavy atom. The van der Waals surface area contributed by atoms with Gasteiger partial charge in [-0.15, -0.1) is 0 Å². The van der Waals surface area contributed by atoms with Crippen LogP contribution in [-0.4, -0.2) is 11.1 Å². The highest BCUT2D eigenvalue weighted by molar-refractivity contribution is 6.30. The minimum absolute atomic E-state index is 0.168. The van der Waals surface area contributed by atoms with Crippen LogP contribution < -0.4 is 5.73 Å². The second-order valence-corrected chi connectivity index (χ2v) is 3.59. The molecule has 1 aromatic carbocycles. The lowest BCUT2D eigenvalue weighted by molar-refractivity contribution is 0.159. The summed E-state index contributed by atoms with van der Waals surface area (Å²) < 4.78 is 0. The summed E-state index contributed by atoms with van der Waals surface area (Å²) in [7, 11) is 0. The molecule has 0 bridgehead atoms. The van der Waals surface area contributed by atoms with Gasteiger partial charge in [-0.05, 0) is 29.7 Å². The number of halogens is 1. The van der Waals surface area contributed by atoms with Gasteiger partial charge in [0.1, 0.15) is 0 Å². The van der Waals surface area contributed by atoms with Crippen molar-refractivity contribution in [1.82, 2.24) is 0 Å². The zero-order valence-electron chi connectivity index (χ0n) is 6.50. The molecule has 64 valence electrons. The highest BCUT2D eigenvalue weighted by Crippen LogP contribution is 2.31. The van der Waals surface area contributed by atoms with Crippen molar-refractivity contribution >= 4 is 11.6 Å². The lowest BCUT2D eigenvalue weighted by atomic mass is 10.1. The van der Waals surface area contributed by atoms with Crippen LogP contribution in [0.3, 0.4) is 0 Å². The van der Waals surface area contributed by atoms with Gasteiger partial charge in [0.25, 0.3) is 0 Å². The lowest BCUT2D eigenvalue weighted by Gasteiger charge is -2.07. The Hall–Kier alpha value is -0.570. The van der Waals surface area contributed by atoms with Gasteiger partial charge in [-0.2, -0.15) is 0 Å². The van der Waals surface area contributed by atoms with E-state index in [1.54, 1.807) is 6.07 Å². The fourth-order valence-corrected chi connectivity index (χ4v) is 1.80. The normalized spacial score (nSPS) is 27.2. The van der Waals surface area contributed by atoms with Gasteiger partial charge >= 0.3 is 0 Å². The average molecular weight is 184 g/mol. The first-order valence-electron chi connectivity index (χ1n) is 3.90. The molecule has 0 aliphatic heterocycles. The van der Waals surface area contributed by atoms with Crippen molar-refractivity contribution in [2.45, 2.75) is 18.6 Å². The highest BCUT2D eigenvalue weighted by atomic mass is 35.5. The van der Waals surface area contributed by atoms with Gasteiger partial charge < -0.3 is 10.8 Å². The Morgan fingerprint density at radius 3 is 3.00 bits per heavy atom. The molecule has 0 amide bonds. The molecule has 3 heteroatoms. The molecule has 0 aromatic heterocycles. The molecule has 0 saturated carbocycles. The quantitative estimate of drug-likeness (QED) is 0.636. The average Bonchev–Trinajstić information content (AvgIpc) is 2.31. The SMILES string of the molecule is N[C@@H]1Cc2ccc(Cl)cc2[C@H]1O. The van der Waals surface area contributed by atoms with Crippen LogP contribution in [0.2, 0.25) is 5.02 Å². The van der Waals surface area contributed by atoms with Crippen LogP contribution in [-0.2, 0) is 6.42 Å². The molecule has 12 heavy (non-hydrogen) atoms. The second-order valence-electron chi connectivity index (χ2n) is 3.16. The number of benzene rings is 1. The van der Waals surface area contributed by atoms with Crippen LogP contribution in [0, 0.1) is 0 Å². The van der Waals surface area contributed by atoms with Gasteiger partial charge in [0, 0.05) is 11.1 Å². The Morgan fingerprint density at radius 2 is 2.25 bits per heavy atom. The molecule has 0 spiro atoms. The molecule has 0 unspecified atom stereocenters. The predicted molar refractivity (Wildman–Crippen MR) is 48.1 cm³/mol. The number of aliphatic hydroxyl groups excluding tert-OH is 1. The summed E-state index contributed by atoms with van der Waals surface area (Å²) in [5.74, 6) is 0. The van der Waals surface area contributed by atoms with Crippen LogP contribution in [0.15, 0.2) is 18.2 Å². The van der Waals surface area contributed by atoms with E-state index in [2.05, 4.69) is 0 Å². The van der Waals surface area contributed by atoms with E-state index in [0.29, 0.717) is 5.02 Å². The third-order valence-electron chi connectivity index (χ3n) is 2.29. The van der Waals surface area contributed by atoms with Crippen LogP contribution in [0.1, 0.15) is 17.2 Å². The zero-order chi connectivity index (χ0) is 8.72. The molecule has 3 N–H and O–H groups in total. The number of aliphatic hydroxyl groups is 1. The maximum absolute atomic E-state index is 9.59. The topological polar surface area (TPSA) is 46.2 Å². The summed E-state index contributed by atoms with van der Waals surface area (Å²) in [4.78, 5) is 0. The smallest absolute Gasteiger partial charge is 0.0947 e. The van der Waals surface area contributed by atoms with Gasteiger partial charge in [0.2, 0.25) is 0 Å². The Balaban J connectivity index is 2.48. The van der Waals surface area contributed by atoms with Gasteiger partial charge in [-0.25, -0.2) is 0 Å². The summed E-state index contributed by atoms with van der Waals surface area (Å²) in [5, 5.41) is 10.2. The number of hydrogen-bond acceptors (Lipinski definition) is 2. The number of hydrogen-bond donors (Lipinski definition) is 2. The molecular formula is C9H10ClNO. The summed E-state index contributed by atoms with van der Waals surface area (Å²) in [6.07, 6.45) is 0.201. The van der Waals surface area contributed by atoms with Crippen LogP contribution in [0.25, 0.3) is 0 Å². The van der Waals surface area contributed by atoms with E-state index in [4.69, 9.17) is 17.3 Å². The van der Waals surface area contributed by atoms with Gasteiger partial charge in [-0.1, -0.05) is 17.7 Å². The zero-order valence-corrected chi connectivity index (χ0v) is 7.25. The van der Waals surface area contributed by atoms with E-state index < -0.39 is 6.10 Å². The van der Waals surface area contributed by atoms with Crippen molar-refractivity contribution in [3.05, 3.63) is 34.3 Å². The van der Waals surface area contributed by atoms with E-state index >= 15 is 0 Å². The molecule has 0 radical (unpaired) electrons. The Kier molecular flexibility index (Phi) is 1.83. The highest BCUT2D eigenvalue weighted by Gasteiger charge is 2.27. The summed E-state index contributed by atoms with van der Waals surface area (Å²) >= 11 is 5.78. The molecule has 0 heterocycles. The molecule has 1 aromatic rings. The maximum atomic E-state index is 9.59. The van der Waals surface area contributed by atoms with Gasteiger partial charge in [0.05, 0.1) is 6.10 Å². The first kappa shape index (κ1) is 8.05. The van der Waals surface area contributed by atoms with Crippen molar-refractivity contribution in [1.29, 1.82) is 0 Å². The van der Waals surface area contributed by atoms with E-state index in [9.17, 15) is 5.11 Å². The van der Waals surface area contributed by atoms with Crippen LogP contribution >= 0.6 is 11.6 Å². The van der Waals surface area contributed by atoms with Crippen LogP contribution in [0.4, 0.5) is 0 Å². The largest absolute Gasteiger partial charge is 0.387 e. The molecular weight excluding hydrogens is 174 g/mol. The fourth-order valence-electron chi connectivity index (χ4n) is 1.62. The minimum Gasteiger partial charge on any atom is -0.387 e. The molecule has 1 aliphatic rings. The van der Waals surface area contributed by atoms with Crippen molar-refractivity contribution in [2.75, 3.05) is 0 Å². The van der Waals surface area contributed by atoms with Crippen molar-refractivity contribution < 1.29 is 5.11 Å². The van der Waals surface area contributed by atoms with E-state index in [1.807, 2.05) is 12.1 Å². The Labute approximate surface area is 76.0 Å². The predicted octanol–water partition coefficient (Wildman–Crippen LogP) is 1.26. The lowest BCUT2D eigenvalue weighted by Crippen LogP contribution is -2.24. The third-order valence-corrected chi connectivity index (χ3v) is 2.52. The van der Waals surface area contributed by atoms with Crippen molar-refractivity contribution in [2.24, 2.45) is 5.73 Å². The number of rotatable bonds is 0. The second kappa shape index (κ2) is 2.73. The standard InChI is InChI=1S/C9H10ClNO/c10-6-2-1-5-3-8(11)9(12)7(5)4-6/h1-2,4,8-9,12H,3,11H2/t8-,9-/m1/s1. The summed E-state index contributed by atoms with van der Waals surface area (Å²) in [6, 6.07) is 5.37. The minimum atomic E-state index is -0.543. The maximum Gasteiger partial charge on any atom is 0.0947 e. The molecule has 0 fully saturated rings. The number of fused-ring (bicyclic) bond motifs is 1. The van der Waals surface area contributed by atoms with Crippen molar-refractivity contribution in [3.8, 4) is 0 Å². The fraction of sp³-hybridized carbons (Fsp3) is 0.333. The first-order chi connectivity index (χ1) is 5.68. The molecule has 2 nitrogen and oxygen atoms in total. The monoisotopic (exact) mass is 183 g/mol. The van der Waals surface area contributed by atoms with Gasteiger partial charge in [-0.3, -0.25) is 0 Å². The molecule has 1 aliphatic carbocycles. The van der Waals surface area contributed by atoms with Crippen LogP contribution in [0.5, 0.6) is 0 Å². The van der Waals surface area contributed by atoms with E-state index in [0.717, 1.165) is 17.5 Å².